The molecule has 0 radical (unpaired) electrons. The molecular formula is C14H28N4O2P2. The van der Waals surface area contributed by atoms with E-state index in [2.05, 4.69) is 0 Å². The maximum absolute atomic E-state index is 13.6. The Morgan fingerprint density at radius 1 is 0.591 bits per heavy atom. The van der Waals surface area contributed by atoms with Gasteiger partial charge >= 0.3 is 0 Å². The van der Waals surface area contributed by atoms with E-state index in [1.807, 2.05) is 24.3 Å². The topological polar surface area (TPSA) is 47.1 Å². The number of hydrogen-bond donors (Lipinski definition) is 0. The van der Waals surface area contributed by atoms with Crippen LogP contribution in [0.1, 0.15) is 0 Å². The average Bonchev–Trinajstić information content (AvgIpc) is 2.44. The van der Waals surface area contributed by atoms with Gasteiger partial charge < -0.3 is 0 Å². The third-order valence-corrected chi connectivity index (χ3v) is 10.2. The first-order valence-corrected chi connectivity index (χ1v) is 10.2. The number of rotatable bonds is 6. The summed E-state index contributed by atoms with van der Waals surface area (Å²) in [6.45, 7) is 0. The van der Waals surface area contributed by atoms with Crippen LogP contribution in [0, 0.1) is 0 Å². The molecule has 0 N–H and O–H groups in total. The van der Waals surface area contributed by atoms with E-state index in [1.54, 1.807) is 75.1 Å². The molecular weight excluding hydrogens is 318 g/mol. The maximum Gasteiger partial charge on any atom is 0.245 e. The van der Waals surface area contributed by atoms with Crippen LogP contribution in [0.25, 0.3) is 0 Å². The van der Waals surface area contributed by atoms with Crippen molar-refractivity contribution < 1.29 is 9.13 Å². The maximum atomic E-state index is 13.6. The SMILES string of the molecule is CN(C)P(=O)(c1ccccc1P(=O)(N(C)C)N(C)C)N(C)C. The fraction of sp³-hybridized carbons (Fsp3) is 0.571. The molecule has 0 amide bonds. The molecule has 6 nitrogen and oxygen atoms in total. The summed E-state index contributed by atoms with van der Waals surface area (Å²) in [5.41, 5.74) is 0. The largest absolute Gasteiger partial charge is 0.284 e. The van der Waals surface area contributed by atoms with E-state index in [1.165, 1.54) is 0 Å². The molecule has 0 fully saturated rings. The lowest BCUT2D eigenvalue weighted by molar-refractivity contribution is 0.456. The molecule has 0 aliphatic rings. The molecule has 8 heteroatoms. The van der Waals surface area contributed by atoms with Crippen molar-refractivity contribution >= 4 is 25.5 Å². The Morgan fingerprint density at radius 2 is 0.818 bits per heavy atom. The summed E-state index contributed by atoms with van der Waals surface area (Å²) < 4.78 is 34.1. The second-order valence-electron chi connectivity index (χ2n) is 5.97. The summed E-state index contributed by atoms with van der Waals surface area (Å²) in [5.74, 6) is 0. The fourth-order valence-electron chi connectivity index (χ4n) is 2.53. The Balaban J connectivity index is 3.76. The van der Waals surface area contributed by atoms with E-state index < -0.39 is 14.9 Å². The van der Waals surface area contributed by atoms with E-state index in [0.717, 1.165) is 0 Å². The van der Waals surface area contributed by atoms with E-state index >= 15 is 0 Å². The molecule has 0 saturated heterocycles. The quantitative estimate of drug-likeness (QED) is 0.729. The van der Waals surface area contributed by atoms with Gasteiger partial charge in [-0.3, -0.25) is 9.13 Å². The summed E-state index contributed by atoms with van der Waals surface area (Å²) in [6.07, 6.45) is 0. The molecule has 0 heterocycles. The summed E-state index contributed by atoms with van der Waals surface area (Å²) in [4.78, 5) is 0. The Hall–Kier alpha value is -0.480. The summed E-state index contributed by atoms with van der Waals surface area (Å²) >= 11 is 0. The van der Waals surface area contributed by atoms with Crippen molar-refractivity contribution in [2.75, 3.05) is 56.4 Å². The molecule has 0 saturated carbocycles. The van der Waals surface area contributed by atoms with Crippen molar-refractivity contribution in [3.05, 3.63) is 24.3 Å². The third-order valence-electron chi connectivity index (χ3n) is 3.68. The van der Waals surface area contributed by atoms with Gasteiger partial charge in [0.05, 0.1) is 10.6 Å². The highest BCUT2D eigenvalue weighted by molar-refractivity contribution is 7.73. The zero-order valence-electron chi connectivity index (χ0n) is 14.8. The van der Waals surface area contributed by atoms with Gasteiger partial charge in [0.1, 0.15) is 0 Å². The Kier molecular flexibility index (Phi) is 6.19. The van der Waals surface area contributed by atoms with Crippen LogP contribution < -0.4 is 10.6 Å². The Morgan fingerprint density at radius 3 is 1.00 bits per heavy atom. The van der Waals surface area contributed by atoms with Crippen molar-refractivity contribution in [1.82, 2.24) is 18.7 Å². The Bertz CT molecular complexity index is 538. The minimum atomic E-state index is -2.99. The normalized spacial score (nSPS) is 13.6. The first-order valence-electron chi connectivity index (χ1n) is 7.02. The molecule has 0 aromatic heterocycles. The lowest BCUT2D eigenvalue weighted by atomic mass is 10.4. The predicted octanol–water partition coefficient (Wildman–Crippen LogP) is 1.57. The molecule has 0 aliphatic carbocycles. The van der Waals surface area contributed by atoms with Gasteiger partial charge in [-0.25, -0.2) is 18.7 Å². The van der Waals surface area contributed by atoms with Gasteiger partial charge in [-0.15, -0.1) is 0 Å². The number of benzene rings is 1. The van der Waals surface area contributed by atoms with Crippen LogP contribution in [0.5, 0.6) is 0 Å². The molecule has 1 aromatic rings. The first kappa shape index (κ1) is 19.6. The lowest BCUT2D eigenvalue weighted by Gasteiger charge is -2.36. The van der Waals surface area contributed by atoms with Gasteiger partial charge in [-0.05, 0) is 68.5 Å². The highest BCUT2D eigenvalue weighted by Gasteiger charge is 2.40. The zero-order chi connectivity index (χ0) is 17.3. The lowest BCUT2D eigenvalue weighted by Crippen LogP contribution is -2.40. The molecule has 0 unspecified atom stereocenters. The average molecular weight is 346 g/mol. The minimum absolute atomic E-state index is 0.621. The molecule has 0 spiro atoms. The Labute approximate surface area is 134 Å². The van der Waals surface area contributed by atoms with Gasteiger partial charge in [0, 0.05) is 0 Å². The standard InChI is InChI=1S/C14H28N4O2P2/c1-15(2)21(19,16(3)4)13-11-9-10-12-14(13)22(20,17(5)6)18(7)8/h9-12H,1-8H3. The second kappa shape index (κ2) is 6.96. The van der Waals surface area contributed by atoms with Crippen molar-refractivity contribution in [3.63, 3.8) is 0 Å². The van der Waals surface area contributed by atoms with Gasteiger partial charge in [0.15, 0.2) is 0 Å². The van der Waals surface area contributed by atoms with Crippen LogP contribution >= 0.6 is 14.9 Å². The smallest absolute Gasteiger partial charge is 0.245 e. The third kappa shape index (κ3) is 3.09. The van der Waals surface area contributed by atoms with Crippen molar-refractivity contribution in [1.29, 1.82) is 0 Å². The van der Waals surface area contributed by atoms with Crippen LogP contribution in [0.15, 0.2) is 24.3 Å². The molecule has 0 atom stereocenters. The van der Waals surface area contributed by atoms with Crippen molar-refractivity contribution in [2.24, 2.45) is 0 Å². The van der Waals surface area contributed by atoms with Gasteiger partial charge in [0.25, 0.3) is 0 Å². The van der Waals surface area contributed by atoms with Crippen LogP contribution in [0.3, 0.4) is 0 Å². The second-order valence-corrected chi connectivity index (χ2v) is 12.3. The van der Waals surface area contributed by atoms with Gasteiger partial charge in [-0.1, -0.05) is 12.1 Å². The molecule has 1 rings (SSSR count). The van der Waals surface area contributed by atoms with E-state index in [0.29, 0.717) is 10.6 Å². The zero-order valence-corrected chi connectivity index (χ0v) is 16.6. The van der Waals surface area contributed by atoms with Crippen molar-refractivity contribution in [3.8, 4) is 0 Å². The molecule has 1 aromatic carbocycles. The van der Waals surface area contributed by atoms with Crippen LogP contribution in [0.4, 0.5) is 0 Å². The number of nitrogens with zero attached hydrogens (tertiary/aromatic N) is 4. The van der Waals surface area contributed by atoms with E-state index in [4.69, 9.17) is 0 Å². The highest BCUT2D eigenvalue weighted by atomic mass is 31.2. The van der Waals surface area contributed by atoms with E-state index in [-0.39, 0.29) is 0 Å². The molecule has 22 heavy (non-hydrogen) atoms. The first-order chi connectivity index (χ1) is 10.0. The molecule has 0 bridgehead atoms. The molecule has 126 valence electrons. The van der Waals surface area contributed by atoms with Crippen LogP contribution in [-0.2, 0) is 9.13 Å². The fourth-order valence-corrected chi connectivity index (χ4v) is 7.78. The summed E-state index contributed by atoms with van der Waals surface area (Å²) in [6, 6.07) is 7.31. The van der Waals surface area contributed by atoms with Gasteiger partial charge in [-0.2, -0.15) is 0 Å². The van der Waals surface area contributed by atoms with E-state index in [9.17, 15) is 9.13 Å². The van der Waals surface area contributed by atoms with Gasteiger partial charge in [0.2, 0.25) is 14.9 Å². The summed E-state index contributed by atoms with van der Waals surface area (Å²) in [7, 11) is 8.31. The van der Waals surface area contributed by atoms with Crippen LogP contribution in [-0.4, -0.2) is 75.1 Å². The highest BCUT2D eigenvalue weighted by Crippen LogP contribution is 2.53. The summed E-state index contributed by atoms with van der Waals surface area (Å²) in [5, 5.41) is 1.24. The van der Waals surface area contributed by atoms with Crippen molar-refractivity contribution in [2.45, 2.75) is 0 Å². The monoisotopic (exact) mass is 346 g/mol. The predicted molar refractivity (Wildman–Crippen MR) is 95.7 cm³/mol. The number of hydrogen-bond acceptors (Lipinski definition) is 2. The van der Waals surface area contributed by atoms with Crippen LogP contribution in [0.2, 0.25) is 0 Å². The molecule has 0 aliphatic heterocycles. The minimum Gasteiger partial charge on any atom is -0.284 e.